The van der Waals surface area contributed by atoms with Crippen molar-refractivity contribution in [1.82, 2.24) is 15.3 Å². The number of rotatable bonds is 6. The number of aryl methyl sites for hydroxylation is 1. The quantitative estimate of drug-likeness (QED) is 0.239. The number of fused-ring (bicyclic) bond motifs is 4. The van der Waals surface area contributed by atoms with Crippen LogP contribution in [-0.2, 0) is 12.8 Å². The summed E-state index contributed by atoms with van der Waals surface area (Å²) in [5.41, 5.74) is 3.64. The van der Waals surface area contributed by atoms with Gasteiger partial charge in [0.15, 0.2) is 0 Å². The predicted octanol–water partition coefficient (Wildman–Crippen LogP) is 5.94. The van der Waals surface area contributed by atoms with E-state index in [0.29, 0.717) is 51.7 Å². The fraction of sp³-hybridized carbons (Fsp3) is 0.226. The molecule has 1 amide bonds. The first-order valence-corrected chi connectivity index (χ1v) is 13.0. The summed E-state index contributed by atoms with van der Waals surface area (Å²) in [5.74, 6) is -0.168. The van der Waals surface area contributed by atoms with Gasteiger partial charge in [-0.1, -0.05) is 30.3 Å². The molecule has 2 aromatic heterocycles. The topological polar surface area (TPSA) is 96.5 Å². The summed E-state index contributed by atoms with van der Waals surface area (Å²) < 4.78 is 48.1. The van der Waals surface area contributed by atoms with Crippen LogP contribution in [0.3, 0.4) is 0 Å². The SMILES string of the molecule is COc1ccc2nc(-c3ccccc3)cc(C(=O)NC3(CO)CCc4[nH]c5ccc(OC(F)(F)F)cc5c4C3)c2c1. The average molecular weight is 562 g/mol. The molecule has 2 heterocycles. The van der Waals surface area contributed by atoms with E-state index in [1.54, 1.807) is 31.4 Å². The average Bonchev–Trinajstić information content (AvgIpc) is 3.32. The number of aromatic amines is 1. The smallest absolute Gasteiger partial charge is 0.497 e. The number of aliphatic hydroxyl groups excluding tert-OH is 1. The van der Waals surface area contributed by atoms with Crippen LogP contribution in [-0.4, -0.2) is 46.6 Å². The van der Waals surface area contributed by atoms with Crippen LogP contribution in [0.25, 0.3) is 33.1 Å². The number of nitrogens with zero attached hydrogens (tertiary/aromatic N) is 1. The molecule has 3 N–H and O–H groups in total. The van der Waals surface area contributed by atoms with Gasteiger partial charge < -0.3 is 24.9 Å². The summed E-state index contributed by atoms with van der Waals surface area (Å²) in [7, 11) is 1.54. The lowest BCUT2D eigenvalue weighted by Crippen LogP contribution is -2.54. The molecule has 1 unspecified atom stereocenters. The Labute approximate surface area is 232 Å². The lowest BCUT2D eigenvalue weighted by atomic mass is 9.80. The number of aliphatic hydroxyl groups is 1. The van der Waals surface area contributed by atoms with Crippen molar-refractivity contribution in [3.05, 3.63) is 89.6 Å². The van der Waals surface area contributed by atoms with Gasteiger partial charge in [-0.15, -0.1) is 13.2 Å². The molecule has 41 heavy (non-hydrogen) atoms. The molecule has 6 rings (SSSR count). The summed E-state index contributed by atoms with van der Waals surface area (Å²) in [6, 6.07) is 20.7. The summed E-state index contributed by atoms with van der Waals surface area (Å²) in [6.07, 6.45) is -3.68. The number of hydrogen-bond acceptors (Lipinski definition) is 5. The molecule has 0 saturated heterocycles. The number of pyridine rings is 1. The van der Waals surface area contributed by atoms with Gasteiger partial charge in [0, 0.05) is 34.0 Å². The molecule has 5 aromatic rings. The number of benzene rings is 3. The van der Waals surface area contributed by atoms with Gasteiger partial charge in [0.1, 0.15) is 11.5 Å². The second-order valence-corrected chi connectivity index (χ2v) is 10.2. The minimum Gasteiger partial charge on any atom is -0.497 e. The fourth-order valence-corrected chi connectivity index (χ4v) is 5.55. The Hall–Kier alpha value is -4.57. The van der Waals surface area contributed by atoms with Crippen molar-refractivity contribution in [1.29, 1.82) is 0 Å². The zero-order valence-electron chi connectivity index (χ0n) is 22.0. The Morgan fingerprint density at radius 1 is 1.05 bits per heavy atom. The summed E-state index contributed by atoms with van der Waals surface area (Å²) in [4.78, 5) is 22.0. The zero-order valence-corrected chi connectivity index (χ0v) is 22.0. The number of nitrogens with one attached hydrogen (secondary N) is 2. The minimum absolute atomic E-state index is 0.220. The number of aromatic nitrogens is 2. The first-order chi connectivity index (χ1) is 19.7. The van der Waals surface area contributed by atoms with E-state index in [1.165, 1.54) is 18.2 Å². The van der Waals surface area contributed by atoms with Gasteiger partial charge in [0.05, 0.1) is 36.0 Å². The number of hydrogen-bond donors (Lipinski definition) is 3. The molecule has 0 fully saturated rings. The third-order valence-corrected chi connectivity index (χ3v) is 7.58. The molecule has 0 spiro atoms. The van der Waals surface area contributed by atoms with E-state index < -0.39 is 17.8 Å². The van der Waals surface area contributed by atoms with E-state index in [1.807, 2.05) is 30.3 Å². The Morgan fingerprint density at radius 3 is 2.54 bits per heavy atom. The van der Waals surface area contributed by atoms with E-state index in [0.717, 1.165) is 16.8 Å². The van der Waals surface area contributed by atoms with Gasteiger partial charge in [-0.2, -0.15) is 0 Å². The van der Waals surface area contributed by atoms with Crippen LogP contribution in [0.1, 0.15) is 28.0 Å². The number of carbonyl (C=O) groups excluding carboxylic acids is 1. The third kappa shape index (κ3) is 5.18. The maximum absolute atomic E-state index is 14.0. The van der Waals surface area contributed by atoms with E-state index in [2.05, 4.69) is 15.0 Å². The number of amides is 1. The Morgan fingerprint density at radius 2 is 1.80 bits per heavy atom. The van der Waals surface area contributed by atoms with E-state index in [-0.39, 0.29) is 18.8 Å². The van der Waals surface area contributed by atoms with Crippen LogP contribution in [0.2, 0.25) is 0 Å². The van der Waals surface area contributed by atoms with Gasteiger partial charge in [-0.25, -0.2) is 4.98 Å². The zero-order chi connectivity index (χ0) is 28.8. The van der Waals surface area contributed by atoms with E-state index in [4.69, 9.17) is 9.72 Å². The first-order valence-electron chi connectivity index (χ1n) is 13.0. The normalized spacial score (nSPS) is 16.9. The molecule has 210 valence electrons. The minimum atomic E-state index is -4.82. The van der Waals surface area contributed by atoms with Gasteiger partial charge in [-0.05, 0) is 60.9 Å². The number of halogens is 3. The number of alkyl halides is 3. The first kappa shape index (κ1) is 26.6. The maximum Gasteiger partial charge on any atom is 0.573 e. The molecular formula is C31H26F3N3O4. The van der Waals surface area contributed by atoms with Crippen molar-refractivity contribution >= 4 is 27.7 Å². The molecule has 1 aliphatic carbocycles. The highest BCUT2D eigenvalue weighted by atomic mass is 19.4. The van der Waals surface area contributed by atoms with Gasteiger partial charge in [0.25, 0.3) is 5.91 Å². The second kappa shape index (κ2) is 10.1. The summed E-state index contributed by atoms with van der Waals surface area (Å²) in [6.45, 7) is -0.360. The predicted molar refractivity (Wildman–Crippen MR) is 148 cm³/mol. The molecular weight excluding hydrogens is 535 g/mol. The molecule has 7 nitrogen and oxygen atoms in total. The van der Waals surface area contributed by atoms with Crippen LogP contribution >= 0.6 is 0 Å². The molecule has 10 heteroatoms. The third-order valence-electron chi connectivity index (χ3n) is 7.58. The number of carbonyl (C=O) groups is 1. The van der Waals surface area contributed by atoms with Crippen LogP contribution < -0.4 is 14.8 Å². The largest absolute Gasteiger partial charge is 0.573 e. The number of ether oxygens (including phenoxy) is 2. The van der Waals surface area contributed by atoms with Gasteiger partial charge in [-0.3, -0.25) is 4.79 Å². The van der Waals surface area contributed by atoms with Crippen LogP contribution in [0, 0.1) is 0 Å². The highest BCUT2D eigenvalue weighted by Gasteiger charge is 2.38. The van der Waals surface area contributed by atoms with E-state index in [9.17, 15) is 23.1 Å². The maximum atomic E-state index is 14.0. The monoisotopic (exact) mass is 561 g/mol. The lowest BCUT2D eigenvalue weighted by molar-refractivity contribution is -0.274. The highest BCUT2D eigenvalue weighted by Crippen LogP contribution is 2.37. The van der Waals surface area contributed by atoms with Crippen molar-refractivity contribution in [3.63, 3.8) is 0 Å². The van der Waals surface area contributed by atoms with Crippen LogP contribution in [0.5, 0.6) is 11.5 Å². The number of methoxy groups -OCH3 is 1. The fourth-order valence-electron chi connectivity index (χ4n) is 5.55. The van der Waals surface area contributed by atoms with Crippen LogP contribution in [0.15, 0.2) is 72.8 Å². The molecule has 0 radical (unpaired) electrons. The van der Waals surface area contributed by atoms with Crippen molar-refractivity contribution in [2.45, 2.75) is 31.2 Å². The van der Waals surface area contributed by atoms with Crippen molar-refractivity contribution in [3.8, 4) is 22.8 Å². The molecule has 3 aromatic carbocycles. The second-order valence-electron chi connectivity index (χ2n) is 10.2. The Kier molecular flexibility index (Phi) is 6.57. The van der Waals surface area contributed by atoms with Crippen molar-refractivity contribution < 1.29 is 32.5 Å². The van der Waals surface area contributed by atoms with Crippen molar-refractivity contribution in [2.24, 2.45) is 0 Å². The van der Waals surface area contributed by atoms with Crippen LogP contribution in [0.4, 0.5) is 13.2 Å². The Balaban J connectivity index is 1.38. The van der Waals surface area contributed by atoms with Crippen molar-refractivity contribution in [2.75, 3.05) is 13.7 Å². The molecule has 0 saturated carbocycles. The molecule has 1 atom stereocenters. The number of H-pyrrole nitrogens is 1. The molecule has 1 aliphatic rings. The highest BCUT2D eigenvalue weighted by molar-refractivity contribution is 6.08. The Bertz CT molecular complexity index is 1770. The van der Waals surface area contributed by atoms with Gasteiger partial charge >= 0.3 is 6.36 Å². The standard InChI is InChI=1S/C31H26F3N3O4/c1-40-19-7-9-25-21(13-19)23(15-28(36-25)18-5-3-2-4-6-18)29(39)37-30(17-38)12-11-27-24(16-30)22-14-20(41-31(32,33)34)8-10-26(22)35-27/h2-10,13-15,35,38H,11-12,16-17H2,1H3,(H,37,39). The lowest BCUT2D eigenvalue weighted by Gasteiger charge is -2.36. The summed E-state index contributed by atoms with van der Waals surface area (Å²) >= 11 is 0. The molecule has 0 aliphatic heterocycles. The summed E-state index contributed by atoms with van der Waals surface area (Å²) in [5, 5.41) is 14.8. The molecule has 0 bridgehead atoms. The van der Waals surface area contributed by atoms with E-state index >= 15 is 0 Å². The van der Waals surface area contributed by atoms with Gasteiger partial charge in [0.2, 0.25) is 0 Å².